The van der Waals surface area contributed by atoms with Crippen LogP contribution in [-0.4, -0.2) is 72.2 Å². The number of benzene rings is 6. The number of hydrogen-bond acceptors (Lipinski definition) is 14. The molecule has 6 aromatic carbocycles. The number of thiazole rings is 1. The number of ether oxygens (including phenoxy) is 1. The molecule has 1 N–H and O–H groups in total. The monoisotopic (exact) mass is 1220 g/mol. The fourth-order valence-corrected chi connectivity index (χ4v) is 14.2. The quantitative estimate of drug-likeness (QED) is 0.0260. The van der Waals surface area contributed by atoms with Crippen LogP contribution in [0.15, 0.2) is 180 Å². The standard InChI is InChI=1S/C33H35N3O3S2.C22H22N2O3S2.C12H17NO2/c1-23(2)20-31-32(34-33(40-31)35(18-16-25(4)37)22-26-8-6-5-7-9-26)28-12-15-30-27(21-28)17-19-36(30)41(38,39)29-13-10-24(3)11-14-29;1-15(2)12-21(28-14-23)22(25)18-6-9-20-17(13-18)10-11-24(20)29(26,27)19-7-4-16(3)5-8-19;1-2-15-12(14)8-9-13-10-11-6-4-3-5-7-11/h5-15,17,19,21,23H,16,18,20,22H2,1-4H3;4-11,13,15,21H,12H2,1-3H3;3-7,13H,2,8-10H2,1H3. The summed E-state index contributed by atoms with van der Waals surface area (Å²) in [6, 6.07) is 48.3. The molecule has 0 saturated carbocycles. The van der Waals surface area contributed by atoms with E-state index >= 15 is 0 Å². The smallest absolute Gasteiger partial charge is 0.307 e. The topological polar surface area (TPSA) is 191 Å². The third-order valence-electron chi connectivity index (χ3n) is 13.7. The number of rotatable bonds is 24. The largest absolute Gasteiger partial charge is 0.466 e. The van der Waals surface area contributed by atoms with Gasteiger partial charge in [0.05, 0.1) is 44.8 Å². The summed E-state index contributed by atoms with van der Waals surface area (Å²) in [6.45, 7) is 18.9. The lowest BCUT2D eigenvalue weighted by Gasteiger charge is -2.21. The van der Waals surface area contributed by atoms with Crippen molar-refractivity contribution in [3.8, 4) is 16.7 Å². The van der Waals surface area contributed by atoms with Crippen LogP contribution < -0.4 is 10.2 Å². The number of hydrogen-bond donors (Lipinski definition) is 1. The summed E-state index contributed by atoms with van der Waals surface area (Å²) in [6.07, 6.45) is 5.49. The molecule has 18 heteroatoms. The number of thioether (sulfide) groups is 1. The molecule has 0 amide bonds. The van der Waals surface area contributed by atoms with Crippen molar-refractivity contribution in [3.05, 3.63) is 203 Å². The number of nitriles is 1. The molecule has 3 heterocycles. The molecular weight excluding hydrogens is 1150 g/mol. The number of nitrogens with one attached hydrogen (secondary N) is 1. The second-order valence-corrected chi connectivity index (χ2v) is 27.2. The van der Waals surface area contributed by atoms with Gasteiger partial charge in [-0.05, 0) is 142 Å². The second kappa shape index (κ2) is 30.4. The predicted molar refractivity (Wildman–Crippen MR) is 344 cm³/mol. The van der Waals surface area contributed by atoms with E-state index in [4.69, 9.17) is 15.0 Å². The van der Waals surface area contributed by atoms with Crippen molar-refractivity contribution >= 4 is 87.6 Å². The van der Waals surface area contributed by atoms with E-state index in [1.165, 1.54) is 24.6 Å². The van der Waals surface area contributed by atoms with Crippen LogP contribution in [0, 0.1) is 36.3 Å². The highest BCUT2D eigenvalue weighted by atomic mass is 32.2. The number of thiocyanates is 1. The second-order valence-electron chi connectivity index (χ2n) is 21.5. The minimum atomic E-state index is -3.73. The third-order valence-corrected chi connectivity index (χ3v) is 19.0. The zero-order valence-corrected chi connectivity index (χ0v) is 52.7. The Hall–Kier alpha value is -7.66. The Balaban J connectivity index is 0.000000204. The van der Waals surface area contributed by atoms with E-state index in [2.05, 4.69) is 48.3 Å². The average Bonchev–Trinajstić information content (AvgIpc) is 1.87. The molecule has 1 unspecified atom stereocenters. The molecular formula is C67H74N6O8S4. The first kappa shape index (κ1) is 64.9. The molecule has 0 aliphatic carbocycles. The zero-order chi connectivity index (χ0) is 61.3. The number of Topliss-reactive ketones (excluding diaryl/α,β-unsaturated/α-hetero) is 2. The molecule has 444 valence electrons. The van der Waals surface area contributed by atoms with E-state index in [0.717, 1.165) is 63.2 Å². The highest BCUT2D eigenvalue weighted by Crippen LogP contribution is 2.38. The highest BCUT2D eigenvalue weighted by Gasteiger charge is 2.26. The highest BCUT2D eigenvalue weighted by molar-refractivity contribution is 8.05. The lowest BCUT2D eigenvalue weighted by molar-refractivity contribution is -0.143. The van der Waals surface area contributed by atoms with Crippen LogP contribution in [0.4, 0.5) is 5.13 Å². The van der Waals surface area contributed by atoms with Crippen molar-refractivity contribution in [2.24, 2.45) is 11.8 Å². The first-order valence-corrected chi connectivity index (χ1v) is 32.9. The Morgan fingerprint density at radius 2 is 1.26 bits per heavy atom. The summed E-state index contributed by atoms with van der Waals surface area (Å²) in [5, 5.41) is 16.2. The van der Waals surface area contributed by atoms with E-state index in [0.29, 0.717) is 73.4 Å². The van der Waals surface area contributed by atoms with Gasteiger partial charge in [0, 0.05) is 71.8 Å². The molecule has 9 aromatic rings. The van der Waals surface area contributed by atoms with Crippen LogP contribution in [0.5, 0.6) is 0 Å². The van der Waals surface area contributed by atoms with Crippen LogP contribution in [0.25, 0.3) is 33.1 Å². The Labute approximate surface area is 509 Å². The SMILES string of the molecule is CC(=O)CCN(Cc1ccccc1)c1nc(-c2ccc3c(ccn3S(=O)(=O)c3ccc(C)cc3)c2)c(CC(C)C)s1.CCOC(=O)CCNCc1ccccc1.Cc1ccc(S(=O)(=O)n2ccc3cc(C(=O)C(CC(C)C)SC#N)ccc32)cc1. The molecule has 0 fully saturated rings. The van der Waals surface area contributed by atoms with Gasteiger partial charge >= 0.3 is 5.97 Å². The Kier molecular flexibility index (Phi) is 23.2. The minimum absolute atomic E-state index is 0.110. The fourth-order valence-electron chi connectivity index (χ4n) is 9.29. The fraction of sp³-hybridized carbons (Fsp3) is 0.299. The summed E-state index contributed by atoms with van der Waals surface area (Å²) in [4.78, 5) is 44.7. The number of carbonyl (C=O) groups is 3. The van der Waals surface area contributed by atoms with Crippen molar-refractivity contribution < 1.29 is 36.0 Å². The predicted octanol–water partition coefficient (Wildman–Crippen LogP) is 14.2. The molecule has 0 bridgehead atoms. The van der Waals surface area contributed by atoms with Crippen LogP contribution in [-0.2, 0) is 53.9 Å². The molecule has 0 spiro atoms. The number of esters is 1. The summed E-state index contributed by atoms with van der Waals surface area (Å²) in [5.41, 5.74) is 7.86. The summed E-state index contributed by atoms with van der Waals surface area (Å²) in [5.74, 6) is 0.623. The number of aryl methyl sites for hydroxylation is 2. The van der Waals surface area contributed by atoms with Crippen molar-refractivity contribution in [2.45, 2.75) is 109 Å². The van der Waals surface area contributed by atoms with E-state index in [1.807, 2.05) is 113 Å². The van der Waals surface area contributed by atoms with Gasteiger partial charge in [-0.15, -0.1) is 11.3 Å². The number of fused-ring (bicyclic) bond motifs is 2. The van der Waals surface area contributed by atoms with Gasteiger partial charge in [0.15, 0.2) is 10.9 Å². The summed E-state index contributed by atoms with van der Waals surface area (Å²) < 4.78 is 60.2. The van der Waals surface area contributed by atoms with Crippen molar-refractivity contribution in [3.63, 3.8) is 0 Å². The Morgan fingerprint density at radius 3 is 1.79 bits per heavy atom. The molecule has 14 nitrogen and oxygen atoms in total. The first-order valence-electron chi connectivity index (χ1n) is 28.3. The minimum Gasteiger partial charge on any atom is -0.466 e. The number of carbonyl (C=O) groups excluding carboxylic acids is 3. The van der Waals surface area contributed by atoms with Gasteiger partial charge in [-0.2, -0.15) is 5.26 Å². The van der Waals surface area contributed by atoms with Gasteiger partial charge in [-0.25, -0.2) is 29.8 Å². The van der Waals surface area contributed by atoms with Crippen LogP contribution in [0.2, 0.25) is 0 Å². The number of aromatic nitrogens is 3. The summed E-state index contributed by atoms with van der Waals surface area (Å²) in [7, 11) is -7.45. The van der Waals surface area contributed by atoms with Crippen molar-refractivity contribution in [1.29, 1.82) is 5.26 Å². The van der Waals surface area contributed by atoms with Crippen LogP contribution in [0.3, 0.4) is 0 Å². The third kappa shape index (κ3) is 17.7. The molecule has 0 saturated heterocycles. The summed E-state index contributed by atoms with van der Waals surface area (Å²) >= 11 is 2.65. The van der Waals surface area contributed by atoms with Gasteiger partial charge < -0.3 is 15.0 Å². The molecule has 85 heavy (non-hydrogen) atoms. The van der Waals surface area contributed by atoms with Gasteiger partial charge in [-0.1, -0.05) is 130 Å². The number of anilines is 1. The van der Waals surface area contributed by atoms with E-state index < -0.39 is 25.3 Å². The van der Waals surface area contributed by atoms with Gasteiger partial charge in [0.25, 0.3) is 20.0 Å². The van der Waals surface area contributed by atoms with Crippen LogP contribution >= 0.6 is 23.1 Å². The molecule has 1 atom stereocenters. The van der Waals surface area contributed by atoms with Crippen molar-refractivity contribution in [2.75, 3.05) is 24.6 Å². The zero-order valence-electron chi connectivity index (χ0n) is 49.4. The molecule has 0 radical (unpaired) electrons. The number of ketones is 2. The average molecular weight is 1220 g/mol. The maximum Gasteiger partial charge on any atom is 0.307 e. The normalized spacial score (nSPS) is 11.8. The lowest BCUT2D eigenvalue weighted by Crippen LogP contribution is -2.25. The van der Waals surface area contributed by atoms with Gasteiger partial charge in [0.1, 0.15) is 11.2 Å². The van der Waals surface area contributed by atoms with Gasteiger partial charge in [0.2, 0.25) is 0 Å². The maximum absolute atomic E-state index is 13.4. The van der Waals surface area contributed by atoms with Crippen molar-refractivity contribution in [1.82, 2.24) is 18.2 Å². The van der Waals surface area contributed by atoms with E-state index in [9.17, 15) is 31.2 Å². The molecule has 9 rings (SSSR count). The molecule has 0 aliphatic rings. The van der Waals surface area contributed by atoms with Gasteiger partial charge in [-0.3, -0.25) is 14.4 Å². The number of nitrogens with zero attached hydrogens (tertiary/aromatic N) is 5. The molecule has 0 aliphatic heterocycles. The maximum atomic E-state index is 13.4. The van der Waals surface area contributed by atoms with E-state index in [-0.39, 0.29) is 33.2 Å². The lowest BCUT2D eigenvalue weighted by atomic mass is 10.00. The Morgan fingerprint density at radius 1 is 0.706 bits per heavy atom. The first-order chi connectivity index (χ1) is 40.7. The Bertz CT molecular complexity index is 3960. The van der Waals surface area contributed by atoms with E-state index in [1.54, 1.807) is 85.1 Å². The molecule has 3 aromatic heterocycles. The van der Waals surface area contributed by atoms with Crippen LogP contribution in [0.1, 0.15) is 98.3 Å².